The molecule has 3 aromatic rings. The number of hydrogen-bond donors (Lipinski definition) is 0. The number of benzene rings is 2. The maximum absolute atomic E-state index is 13.1. The molecular weight excluding hydrogens is 364 g/mol. The summed E-state index contributed by atoms with van der Waals surface area (Å²) in [7, 11) is 1.77. The molecule has 1 aliphatic rings. The Hall–Kier alpha value is -2.63. The first-order chi connectivity index (χ1) is 14.3. The van der Waals surface area contributed by atoms with Gasteiger partial charge in [-0.05, 0) is 24.5 Å². The van der Waals surface area contributed by atoms with Crippen molar-refractivity contribution >= 4 is 16.8 Å². The number of aromatic nitrogens is 1. The summed E-state index contributed by atoms with van der Waals surface area (Å²) < 4.78 is 13.3. The van der Waals surface area contributed by atoms with E-state index in [0.717, 1.165) is 35.9 Å². The van der Waals surface area contributed by atoms with Crippen molar-refractivity contribution in [3.05, 3.63) is 71.9 Å². The Labute approximate surface area is 171 Å². The second-order valence-corrected chi connectivity index (χ2v) is 7.44. The fourth-order valence-corrected chi connectivity index (χ4v) is 4.07. The maximum atomic E-state index is 13.1. The van der Waals surface area contributed by atoms with E-state index in [-0.39, 0.29) is 12.0 Å². The normalized spacial score (nSPS) is 15.6. The van der Waals surface area contributed by atoms with E-state index in [1.54, 1.807) is 7.11 Å². The van der Waals surface area contributed by atoms with Crippen molar-refractivity contribution in [2.45, 2.75) is 25.5 Å². The summed E-state index contributed by atoms with van der Waals surface area (Å²) >= 11 is 0. The van der Waals surface area contributed by atoms with Crippen LogP contribution in [0.15, 0.2) is 60.8 Å². The monoisotopic (exact) mass is 392 g/mol. The molecule has 1 atom stereocenters. The SMILES string of the molecule is COC(CCCn1cc(C(=O)N2CCOCC2)c2ccccc21)c1ccccc1. The highest BCUT2D eigenvalue weighted by atomic mass is 16.5. The number of fused-ring (bicyclic) bond motifs is 1. The van der Waals surface area contributed by atoms with Gasteiger partial charge in [0.1, 0.15) is 0 Å². The third kappa shape index (κ3) is 4.36. The molecule has 4 rings (SSSR count). The number of carbonyl (C=O) groups is 1. The predicted molar refractivity (Wildman–Crippen MR) is 114 cm³/mol. The van der Waals surface area contributed by atoms with Gasteiger partial charge in [-0.15, -0.1) is 0 Å². The third-order valence-electron chi connectivity index (χ3n) is 5.64. The molecule has 1 fully saturated rings. The fraction of sp³-hybridized carbons (Fsp3) is 0.375. The van der Waals surface area contributed by atoms with Gasteiger partial charge in [-0.1, -0.05) is 48.5 Å². The van der Waals surface area contributed by atoms with E-state index in [4.69, 9.17) is 9.47 Å². The molecule has 0 N–H and O–H groups in total. The fourth-order valence-electron chi connectivity index (χ4n) is 4.07. The summed E-state index contributed by atoms with van der Waals surface area (Å²) in [5, 5.41) is 1.02. The van der Waals surface area contributed by atoms with Gasteiger partial charge in [0.2, 0.25) is 0 Å². The molecule has 0 spiro atoms. The van der Waals surface area contributed by atoms with Gasteiger partial charge in [-0.2, -0.15) is 0 Å². The predicted octanol–water partition coefficient (Wildman–Crippen LogP) is 4.28. The molecule has 1 unspecified atom stereocenters. The van der Waals surface area contributed by atoms with Crippen LogP contribution in [-0.2, 0) is 16.0 Å². The molecule has 29 heavy (non-hydrogen) atoms. The van der Waals surface area contributed by atoms with Crippen molar-refractivity contribution in [3.63, 3.8) is 0 Å². The van der Waals surface area contributed by atoms with Crippen molar-refractivity contribution < 1.29 is 14.3 Å². The van der Waals surface area contributed by atoms with Crippen LogP contribution in [0.4, 0.5) is 0 Å². The van der Waals surface area contributed by atoms with E-state index in [1.807, 2.05) is 47.5 Å². The smallest absolute Gasteiger partial charge is 0.256 e. The number of carbonyl (C=O) groups excluding carboxylic acids is 1. The van der Waals surface area contributed by atoms with E-state index >= 15 is 0 Å². The summed E-state index contributed by atoms with van der Waals surface area (Å²) in [4.78, 5) is 15.0. The Balaban J connectivity index is 1.50. The Morgan fingerprint density at radius 3 is 2.55 bits per heavy atom. The number of hydrogen-bond acceptors (Lipinski definition) is 3. The van der Waals surface area contributed by atoms with Crippen LogP contribution in [0.5, 0.6) is 0 Å². The van der Waals surface area contributed by atoms with Gasteiger partial charge in [-0.25, -0.2) is 0 Å². The van der Waals surface area contributed by atoms with Crippen LogP contribution in [0, 0.1) is 0 Å². The van der Waals surface area contributed by atoms with E-state index in [2.05, 4.69) is 22.8 Å². The number of ether oxygens (including phenoxy) is 2. The van der Waals surface area contributed by atoms with Crippen LogP contribution in [-0.4, -0.2) is 48.8 Å². The standard InChI is InChI=1S/C24H28N2O3/c1-28-23(19-8-3-2-4-9-19)12-7-13-26-18-21(20-10-5-6-11-22(20)26)24(27)25-14-16-29-17-15-25/h2-6,8-11,18,23H,7,12-17H2,1H3. The number of aryl methyl sites for hydroxylation is 1. The van der Waals surface area contributed by atoms with Crippen molar-refractivity contribution in [1.29, 1.82) is 0 Å². The first-order valence-electron chi connectivity index (χ1n) is 10.3. The van der Waals surface area contributed by atoms with Gasteiger partial charge in [0.05, 0.1) is 24.9 Å². The lowest BCUT2D eigenvalue weighted by Crippen LogP contribution is -2.40. The van der Waals surface area contributed by atoms with E-state index in [9.17, 15) is 4.79 Å². The molecule has 152 valence electrons. The highest BCUT2D eigenvalue weighted by Gasteiger charge is 2.22. The molecule has 2 heterocycles. The van der Waals surface area contributed by atoms with Gasteiger partial charge in [0.15, 0.2) is 0 Å². The summed E-state index contributed by atoms with van der Waals surface area (Å²) in [6, 6.07) is 18.5. The topological polar surface area (TPSA) is 43.7 Å². The van der Waals surface area contributed by atoms with Crippen LogP contribution >= 0.6 is 0 Å². The third-order valence-corrected chi connectivity index (χ3v) is 5.64. The minimum Gasteiger partial charge on any atom is -0.378 e. The molecule has 5 heteroatoms. The lowest BCUT2D eigenvalue weighted by Gasteiger charge is -2.26. The summed E-state index contributed by atoms with van der Waals surface area (Å²) in [6.07, 6.45) is 4.01. The zero-order valence-corrected chi connectivity index (χ0v) is 16.9. The van der Waals surface area contributed by atoms with Crippen LogP contribution < -0.4 is 0 Å². The zero-order valence-electron chi connectivity index (χ0n) is 16.9. The highest BCUT2D eigenvalue weighted by Crippen LogP contribution is 2.26. The zero-order chi connectivity index (χ0) is 20.1. The molecule has 1 aliphatic heterocycles. The maximum Gasteiger partial charge on any atom is 0.256 e. The van der Waals surface area contributed by atoms with E-state index in [0.29, 0.717) is 26.3 Å². The average molecular weight is 392 g/mol. The van der Waals surface area contributed by atoms with E-state index in [1.165, 1.54) is 5.56 Å². The van der Waals surface area contributed by atoms with Gasteiger partial charge in [0, 0.05) is 43.8 Å². The second kappa shape index (κ2) is 9.25. The van der Waals surface area contributed by atoms with Crippen LogP contribution in [0.1, 0.15) is 34.9 Å². The molecule has 1 saturated heterocycles. The Morgan fingerprint density at radius 1 is 1.07 bits per heavy atom. The van der Waals surface area contributed by atoms with Crippen molar-refractivity contribution in [2.75, 3.05) is 33.4 Å². The van der Waals surface area contributed by atoms with Crippen LogP contribution in [0.25, 0.3) is 10.9 Å². The molecular formula is C24H28N2O3. The number of para-hydroxylation sites is 1. The van der Waals surface area contributed by atoms with Crippen molar-refractivity contribution in [2.24, 2.45) is 0 Å². The Kier molecular flexibility index (Phi) is 6.27. The van der Waals surface area contributed by atoms with Crippen molar-refractivity contribution in [3.8, 4) is 0 Å². The lowest BCUT2D eigenvalue weighted by atomic mass is 10.0. The first kappa shape index (κ1) is 19.7. The lowest BCUT2D eigenvalue weighted by molar-refractivity contribution is 0.0304. The summed E-state index contributed by atoms with van der Waals surface area (Å²) in [6.45, 7) is 3.39. The molecule has 5 nitrogen and oxygen atoms in total. The first-order valence-corrected chi connectivity index (χ1v) is 10.3. The highest BCUT2D eigenvalue weighted by molar-refractivity contribution is 6.07. The Bertz CT molecular complexity index is 945. The number of methoxy groups -OCH3 is 1. The van der Waals surface area contributed by atoms with Gasteiger partial charge in [-0.3, -0.25) is 4.79 Å². The average Bonchev–Trinajstić information content (AvgIpc) is 3.16. The molecule has 0 bridgehead atoms. The summed E-state index contributed by atoms with van der Waals surface area (Å²) in [5.41, 5.74) is 3.10. The van der Waals surface area contributed by atoms with Crippen LogP contribution in [0.3, 0.4) is 0 Å². The largest absolute Gasteiger partial charge is 0.378 e. The number of amides is 1. The minimum absolute atomic E-state index is 0.0903. The second-order valence-electron chi connectivity index (χ2n) is 7.44. The van der Waals surface area contributed by atoms with Gasteiger partial charge >= 0.3 is 0 Å². The molecule has 0 saturated carbocycles. The number of rotatable bonds is 7. The number of nitrogens with zero attached hydrogens (tertiary/aromatic N) is 2. The molecule has 1 amide bonds. The van der Waals surface area contributed by atoms with Gasteiger partial charge < -0.3 is 18.9 Å². The quantitative estimate of drug-likeness (QED) is 0.603. The minimum atomic E-state index is 0.0903. The van der Waals surface area contributed by atoms with Crippen molar-refractivity contribution in [1.82, 2.24) is 9.47 Å². The van der Waals surface area contributed by atoms with E-state index < -0.39 is 0 Å². The number of morpholine rings is 1. The summed E-state index contributed by atoms with van der Waals surface area (Å²) in [5.74, 6) is 0.0994. The molecule has 0 aliphatic carbocycles. The molecule has 0 radical (unpaired) electrons. The Morgan fingerprint density at radius 2 is 1.79 bits per heavy atom. The molecule has 2 aromatic carbocycles. The van der Waals surface area contributed by atoms with Crippen LogP contribution in [0.2, 0.25) is 0 Å². The van der Waals surface area contributed by atoms with Gasteiger partial charge in [0.25, 0.3) is 5.91 Å². The molecule has 1 aromatic heterocycles.